The molecule has 2 heterocycles. The van der Waals surface area contributed by atoms with E-state index in [1.54, 1.807) is 10.6 Å². The zero-order valence-corrected chi connectivity index (χ0v) is 9.05. The predicted octanol–water partition coefficient (Wildman–Crippen LogP) is 1.74. The standard InChI is InChI=1S/C11H12N4O/c1-2-4-11-13-10(14-16-11)8-15-6-3-5-9(15)7-12/h3,5-6H,2,4,8H2,1H3. The first kappa shape index (κ1) is 10.4. The van der Waals surface area contributed by atoms with Crippen LogP contribution in [-0.2, 0) is 13.0 Å². The molecule has 0 aliphatic rings. The van der Waals surface area contributed by atoms with Gasteiger partial charge in [0, 0.05) is 12.6 Å². The fourth-order valence-corrected chi connectivity index (χ4v) is 1.48. The predicted molar refractivity (Wildman–Crippen MR) is 56.5 cm³/mol. The highest BCUT2D eigenvalue weighted by Gasteiger charge is 2.07. The molecule has 0 unspecified atom stereocenters. The van der Waals surface area contributed by atoms with Crippen molar-refractivity contribution in [1.82, 2.24) is 14.7 Å². The van der Waals surface area contributed by atoms with Gasteiger partial charge < -0.3 is 9.09 Å². The van der Waals surface area contributed by atoms with Gasteiger partial charge in [-0.25, -0.2) is 0 Å². The van der Waals surface area contributed by atoms with Crippen molar-refractivity contribution in [2.24, 2.45) is 0 Å². The molecule has 0 saturated carbocycles. The summed E-state index contributed by atoms with van der Waals surface area (Å²) in [6, 6.07) is 5.69. The van der Waals surface area contributed by atoms with E-state index in [1.807, 2.05) is 12.3 Å². The Balaban J connectivity index is 2.12. The van der Waals surface area contributed by atoms with Gasteiger partial charge in [0.1, 0.15) is 11.8 Å². The van der Waals surface area contributed by atoms with E-state index in [9.17, 15) is 0 Å². The Morgan fingerprint density at radius 1 is 1.56 bits per heavy atom. The highest BCUT2D eigenvalue weighted by Crippen LogP contribution is 2.06. The second kappa shape index (κ2) is 4.62. The molecule has 0 aromatic carbocycles. The Bertz CT molecular complexity index is 506. The molecule has 0 bridgehead atoms. The first-order chi connectivity index (χ1) is 7.83. The summed E-state index contributed by atoms with van der Waals surface area (Å²) in [6.45, 7) is 2.53. The van der Waals surface area contributed by atoms with Gasteiger partial charge in [0.2, 0.25) is 5.89 Å². The van der Waals surface area contributed by atoms with Crippen LogP contribution in [0.2, 0.25) is 0 Å². The van der Waals surface area contributed by atoms with Gasteiger partial charge in [0.25, 0.3) is 0 Å². The van der Waals surface area contributed by atoms with Crippen molar-refractivity contribution in [2.45, 2.75) is 26.3 Å². The van der Waals surface area contributed by atoms with E-state index in [0.29, 0.717) is 24.0 Å². The maximum Gasteiger partial charge on any atom is 0.226 e. The minimum Gasteiger partial charge on any atom is -0.339 e. The summed E-state index contributed by atoms with van der Waals surface area (Å²) >= 11 is 0. The summed E-state index contributed by atoms with van der Waals surface area (Å²) in [4.78, 5) is 4.24. The lowest BCUT2D eigenvalue weighted by molar-refractivity contribution is 0.371. The van der Waals surface area contributed by atoms with Gasteiger partial charge in [-0.15, -0.1) is 0 Å². The van der Waals surface area contributed by atoms with Crippen LogP contribution in [0.15, 0.2) is 22.9 Å². The van der Waals surface area contributed by atoms with Crippen LogP contribution in [0.4, 0.5) is 0 Å². The summed E-state index contributed by atoms with van der Waals surface area (Å²) in [5.41, 5.74) is 0.599. The van der Waals surface area contributed by atoms with Crippen LogP contribution >= 0.6 is 0 Å². The van der Waals surface area contributed by atoms with Gasteiger partial charge in [-0.05, 0) is 18.6 Å². The molecule has 2 aromatic heterocycles. The first-order valence-electron chi connectivity index (χ1n) is 5.20. The van der Waals surface area contributed by atoms with Gasteiger partial charge >= 0.3 is 0 Å². The molecule has 5 heteroatoms. The fourth-order valence-electron chi connectivity index (χ4n) is 1.48. The molecular weight excluding hydrogens is 204 g/mol. The van der Waals surface area contributed by atoms with E-state index in [0.717, 1.165) is 12.8 Å². The number of aryl methyl sites for hydroxylation is 1. The van der Waals surface area contributed by atoms with Gasteiger partial charge in [-0.1, -0.05) is 12.1 Å². The molecule has 0 fully saturated rings. The Labute approximate surface area is 93.3 Å². The molecule has 0 radical (unpaired) electrons. The second-order valence-electron chi connectivity index (χ2n) is 3.49. The molecule has 0 N–H and O–H groups in total. The Morgan fingerprint density at radius 2 is 2.44 bits per heavy atom. The summed E-state index contributed by atoms with van der Waals surface area (Å²) in [7, 11) is 0. The third kappa shape index (κ3) is 2.11. The average Bonchev–Trinajstić information content (AvgIpc) is 2.89. The number of nitriles is 1. The summed E-state index contributed by atoms with van der Waals surface area (Å²) in [5.74, 6) is 1.26. The van der Waals surface area contributed by atoms with E-state index < -0.39 is 0 Å². The SMILES string of the molecule is CCCc1nc(Cn2cccc2C#N)no1. The normalized spacial score (nSPS) is 10.2. The van der Waals surface area contributed by atoms with Gasteiger partial charge in [-0.3, -0.25) is 0 Å². The molecule has 0 spiro atoms. The fraction of sp³-hybridized carbons (Fsp3) is 0.364. The van der Waals surface area contributed by atoms with Crippen molar-refractivity contribution in [1.29, 1.82) is 5.26 Å². The van der Waals surface area contributed by atoms with E-state index >= 15 is 0 Å². The number of nitrogens with zero attached hydrogens (tertiary/aromatic N) is 4. The van der Waals surface area contributed by atoms with Crippen LogP contribution in [-0.4, -0.2) is 14.7 Å². The van der Waals surface area contributed by atoms with Crippen LogP contribution < -0.4 is 0 Å². The molecule has 82 valence electrons. The van der Waals surface area contributed by atoms with Crippen LogP contribution in [0.1, 0.15) is 30.8 Å². The lowest BCUT2D eigenvalue weighted by atomic mass is 10.3. The third-order valence-electron chi connectivity index (χ3n) is 2.23. The number of aromatic nitrogens is 3. The van der Waals surface area contributed by atoms with Crippen molar-refractivity contribution in [3.63, 3.8) is 0 Å². The molecule has 2 aromatic rings. The zero-order chi connectivity index (χ0) is 11.4. The van der Waals surface area contributed by atoms with E-state index in [2.05, 4.69) is 23.1 Å². The maximum atomic E-state index is 8.84. The maximum absolute atomic E-state index is 8.84. The molecule has 0 atom stereocenters. The highest BCUT2D eigenvalue weighted by molar-refractivity contribution is 5.22. The number of hydrogen-bond donors (Lipinski definition) is 0. The summed E-state index contributed by atoms with van der Waals surface area (Å²) < 4.78 is 6.86. The smallest absolute Gasteiger partial charge is 0.226 e. The second-order valence-corrected chi connectivity index (χ2v) is 3.49. The van der Waals surface area contributed by atoms with Gasteiger partial charge in [0.15, 0.2) is 5.82 Å². The Kier molecular flexibility index (Phi) is 3.01. The largest absolute Gasteiger partial charge is 0.339 e. The van der Waals surface area contributed by atoms with Gasteiger partial charge in [-0.2, -0.15) is 10.2 Å². The van der Waals surface area contributed by atoms with Crippen LogP contribution in [0.5, 0.6) is 0 Å². The monoisotopic (exact) mass is 216 g/mol. The highest BCUT2D eigenvalue weighted by atomic mass is 16.5. The topological polar surface area (TPSA) is 67.6 Å². The summed E-state index contributed by atoms with van der Waals surface area (Å²) in [5, 5.41) is 12.7. The molecule has 5 nitrogen and oxygen atoms in total. The molecule has 0 aliphatic carbocycles. The molecular formula is C11H12N4O. The van der Waals surface area contributed by atoms with Crippen LogP contribution in [0.3, 0.4) is 0 Å². The minimum absolute atomic E-state index is 0.475. The minimum atomic E-state index is 0.475. The van der Waals surface area contributed by atoms with Crippen molar-refractivity contribution in [3.8, 4) is 6.07 Å². The van der Waals surface area contributed by atoms with Crippen molar-refractivity contribution < 1.29 is 4.52 Å². The van der Waals surface area contributed by atoms with E-state index in [-0.39, 0.29) is 0 Å². The molecule has 2 rings (SSSR count). The van der Waals surface area contributed by atoms with Crippen molar-refractivity contribution in [3.05, 3.63) is 35.7 Å². The number of rotatable bonds is 4. The van der Waals surface area contributed by atoms with Gasteiger partial charge in [0.05, 0.1) is 6.54 Å². The van der Waals surface area contributed by atoms with E-state index in [4.69, 9.17) is 9.78 Å². The molecule has 0 saturated heterocycles. The number of hydrogen-bond acceptors (Lipinski definition) is 4. The average molecular weight is 216 g/mol. The van der Waals surface area contributed by atoms with Crippen molar-refractivity contribution >= 4 is 0 Å². The van der Waals surface area contributed by atoms with E-state index in [1.165, 1.54) is 0 Å². The zero-order valence-electron chi connectivity index (χ0n) is 9.05. The molecule has 0 aliphatic heterocycles. The molecule has 0 amide bonds. The quantitative estimate of drug-likeness (QED) is 0.780. The van der Waals surface area contributed by atoms with Crippen molar-refractivity contribution in [2.75, 3.05) is 0 Å². The summed E-state index contributed by atoms with van der Waals surface area (Å²) in [6.07, 6.45) is 3.60. The molecule has 16 heavy (non-hydrogen) atoms. The third-order valence-corrected chi connectivity index (χ3v) is 2.23. The lowest BCUT2D eigenvalue weighted by Crippen LogP contribution is -2.02. The Morgan fingerprint density at radius 3 is 3.19 bits per heavy atom. The lowest BCUT2D eigenvalue weighted by Gasteiger charge is -1.98. The van der Waals surface area contributed by atoms with Crippen LogP contribution in [0, 0.1) is 11.3 Å². The first-order valence-corrected chi connectivity index (χ1v) is 5.20. The van der Waals surface area contributed by atoms with Crippen LogP contribution in [0.25, 0.3) is 0 Å². The Hall–Kier alpha value is -2.09.